The van der Waals surface area contributed by atoms with E-state index in [1.54, 1.807) is 12.5 Å². The summed E-state index contributed by atoms with van der Waals surface area (Å²) in [5, 5.41) is 12.3. The number of hydrogen-bond acceptors (Lipinski definition) is 4. The van der Waals surface area contributed by atoms with E-state index >= 15 is 0 Å². The molecule has 0 amide bonds. The molecule has 68 valence electrons. The minimum Gasteiger partial charge on any atom is -0.356 e. The summed E-state index contributed by atoms with van der Waals surface area (Å²) in [6, 6.07) is 5.76. The third-order valence-electron chi connectivity index (χ3n) is 2.05. The highest BCUT2D eigenvalue weighted by Crippen LogP contribution is 2.20. The SMILES string of the molecule is c1nnc(-c2ccc3cnoc3c2)[nH]1. The number of H-pyrrole nitrogens is 1. The van der Waals surface area contributed by atoms with Crippen LogP contribution >= 0.6 is 0 Å². The topological polar surface area (TPSA) is 67.6 Å². The van der Waals surface area contributed by atoms with Crippen LogP contribution in [0.2, 0.25) is 0 Å². The summed E-state index contributed by atoms with van der Waals surface area (Å²) >= 11 is 0. The maximum atomic E-state index is 5.04. The van der Waals surface area contributed by atoms with Crippen molar-refractivity contribution in [1.82, 2.24) is 20.3 Å². The van der Waals surface area contributed by atoms with Crippen LogP contribution in [0.15, 0.2) is 35.2 Å². The lowest BCUT2D eigenvalue weighted by molar-refractivity contribution is 0.456. The summed E-state index contributed by atoms with van der Waals surface area (Å²) in [6.07, 6.45) is 3.22. The first-order chi connectivity index (χ1) is 6.93. The van der Waals surface area contributed by atoms with Crippen LogP contribution in [0.5, 0.6) is 0 Å². The second-order valence-corrected chi connectivity index (χ2v) is 2.92. The lowest BCUT2D eigenvalue weighted by atomic mass is 10.2. The molecule has 14 heavy (non-hydrogen) atoms. The van der Waals surface area contributed by atoms with E-state index in [1.807, 2.05) is 18.2 Å². The molecule has 5 nitrogen and oxygen atoms in total. The van der Waals surface area contributed by atoms with E-state index in [1.165, 1.54) is 0 Å². The predicted molar refractivity (Wildman–Crippen MR) is 49.4 cm³/mol. The Balaban J connectivity index is 2.23. The van der Waals surface area contributed by atoms with Crippen molar-refractivity contribution in [2.75, 3.05) is 0 Å². The zero-order chi connectivity index (χ0) is 9.38. The van der Waals surface area contributed by atoms with E-state index in [4.69, 9.17) is 4.52 Å². The van der Waals surface area contributed by atoms with Crippen LogP contribution < -0.4 is 0 Å². The van der Waals surface area contributed by atoms with E-state index in [9.17, 15) is 0 Å². The van der Waals surface area contributed by atoms with E-state index < -0.39 is 0 Å². The minimum absolute atomic E-state index is 0.725. The summed E-state index contributed by atoms with van der Waals surface area (Å²) in [5.74, 6) is 0.725. The van der Waals surface area contributed by atoms with Gasteiger partial charge in [0.25, 0.3) is 0 Å². The van der Waals surface area contributed by atoms with Crippen LogP contribution in [0.4, 0.5) is 0 Å². The number of hydrogen-bond donors (Lipinski definition) is 1. The normalized spacial score (nSPS) is 10.9. The molecule has 2 aromatic heterocycles. The van der Waals surface area contributed by atoms with Crippen molar-refractivity contribution >= 4 is 11.0 Å². The van der Waals surface area contributed by atoms with Gasteiger partial charge in [0.05, 0.1) is 6.20 Å². The van der Waals surface area contributed by atoms with Gasteiger partial charge >= 0.3 is 0 Å². The van der Waals surface area contributed by atoms with Crippen LogP contribution in [-0.2, 0) is 0 Å². The lowest BCUT2D eigenvalue weighted by Crippen LogP contribution is -1.79. The van der Waals surface area contributed by atoms with Crippen LogP contribution in [0.1, 0.15) is 0 Å². The number of rotatable bonds is 1. The van der Waals surface area contributed by atoms with Crippen molar-refractivity contribution in [3.63, 3.8) is 0 Å². The average molecular weight is 186 g/mol. The molecule has 3 aromatic rings. The van der Waals surface area contributed by atoms with Crippen molar-refractivity contribution in [2.24, 2.45) is 0 Å². The predicted octanol–water partition coefficient (Wildman–Crippen LogP) is 1.61. The molecule has 0 fully saturated rings. The molecule has 3 rings (SSSR count). The highest BCUT2D eigenvalue weighted by atomic mass is 16.5. The Hall–Kier alpha value is -2.17. The molecule has 5 heteroatoms. The van der Waals surface area contributed by atoms with Crippen LogP contribution in [0, 0.1) is 0 Å². The van der Waals surface area contributed by atoms with E-state index in [0.717, 1.165) is 22.4 Å². The largest absolute Gasteiger partial charge is 0.356 e. The summed E-state index contributed by atoms with van der Waals surface area (Å²) in [4.78, 5) is 2.93. The molecule has 0 spiro atoms. The standard InChI is InChI=1S/C9H6N4O/c1-2-7-4-12-14-8(7)3-6(1)9-10-5-11-13-9/h1-5H,(H,10,11,13). The van der Waals surface area contributed by atoms with Gasteiger partial charge in [0.1, 0.15) is 6.33 Å². The fourth-order valence-electron chi connectivity index (χ4n) is 1.35. The highest BCUT2D eigenvalue weighted by molar-refractivity contribution is 5.80. The quantitative estimate of drug-likeness (QED) is 0.626. The molecule has 0 saturated carbocycles. The maximum Gasteiger partial charge on any atom is 0.167 e. The fraction of sp³-hybridized carbons (Fsp3) is 0. The van der Waals surface area contributed by atoms with Gasteiger partial charge in [-0.2, -0.15) is 0 Å². The van der Waals surface area contributed by atoms with Gasteiger partial charge in [0, 0.05) is 10.9 Å². The monoisotopic (exact) mass is 186 g/mol. The molecule has 0 aliphatic carbocycles. The summed E-state index contributed by atoms with van der Waals surface area (Å²) in [5.41, 5.74) is 1.69. The number of nitrogens with zero attached hydrogens (tertiary/aromatic N) is 3. The molecule has 0 atom stereocenters. The lowest BCUT2D eigenvalue weighted by Gasteiger charge is -1.93. The molecule has 0 saturated heterocycles. The summed E-state index contributed by atoms with van der Waals surface area (Å²) < 4.78 is 5.04. The number of aromatic nitrogens is 4. The van der Waals surface area contributed by atoms with Crippen molar-refractivity contribution < 1.29 is 4.52 Å². The van der Waals surface area contributed by atoms with Gasteiger partial charge < -0.3 is 9.51 Å². The Morgan fingerprint density at radius 3 is 3.14 bits per heavy atom. The Labute approximate surface area is 78.8 Å². The molecule has 1 N–H and O–H groups in total. The second kappa shape index (κ2) is 2.66. The van der Waals surface area contributed by atoms with E-state index in [-0.39, 0.29) is 0 Å². The Morgan fingerprint density at radius 1 is 1.29 bits per heavy atom. The molecular weight excluding hydrogens is 180 g/mol. The average Bonchev–Trinajstić information content (AvgIpc) is 2.88. The second-order valence-electron chi connectivity index (χ2n) is 2.92. The van der Waals surface area contributed by atoms with Gasteiger partial charge in [0.15, 0.2) is 11.4 Å². The minimum atomic E-state index is 0.725. The van der Waals surface area contributed by atoms with Crippen molar-refractivity contribution in [3.05, 3.63) is 30.7 Å². The Kier molecular flexibility index (Phi) is 1.38. The van der Waals surface area contributed by atoms with E-state index in [2.05, 4.69) is 20.3 Å². The van der Waals surface area contributed by atoms with Crippen LogP contribution in [-0.4, -0.2) is 20.3 Å². The Bertz CT molecular complexity index is 555. The first-order valence-corrected chi connectivity index (χ1v) is 4.14. The summed E-state index contributed by atoms with van der Waals surface area (Å²) in [7, 11) is 0. The first-order valence-electron chi connectivity index (χ1n) is 4.14. The Morgan fingerprint density at radius 2 is 2.29 bits per heavy atom. The zero-order valence-electron chi connectivity index (χ0n) is 7.14. The molecule has 0 radical (unpaired) electrons. The van der Waals surface area contributed by atoms with Gasteiger partial charge in [-0.05, 0) is 12.1 Å². The molecule has 0 aliphatic heterocycles. The summed E-state index contributed by atoms with van der Waals surface area (Å²) in [6.45, 7) is 0. The van der Waals surface area contributed by atoms with Crippen molar-refractivity contribution in [1.29, 1.82) is 0 Å². The zero-order valence-corrected chi connectivity index (χ0v) is 7.14. The fourth-order valence-corrected chi connectivity index (χ4v) is 1.35. The number of aromatic amines is 1. The van der Waals surface area contributed by atoms with Gasteiger partial charge in [-0.25, -0.2) is 0 Å². The highest BCUT2D eigenvalue weighted by Gasteiger charge is 2.04. The molecule has 0 aliphatic rings. The molecule has 0 bridgehead atoms. The third kappa shape index (κ3) is 0.990. The molecular formula is C9H6N4O. The van der Waals surface area contributed by atoms with Gasteiger partial charge in [-0.1, -0.05) is 11.2 Å². The van der Waals surface area contributed by atoms with Gasteiger partial charge in [0.2, 0.25) is 0 Å². The van der Waals surface area contributed by atoms with Crippen LogP contribution in [0.25, 0.3) is 22.4 Å². The number of benzene rings is 1. The van der Waals surface area contributed by atoms with Gasteiger partial charge in [-0.3, -0.25) is 0 Å². The molecule has 1 aromatic carbocycles. The molecule has 0 unspecified atom stereocenters. The first kappa shape index (κ1) is 7.25. The van der Waals surface area contributed by atoms with Crippen molar-refractivity contribution in [3.8, 4) is 11.4 Å². The van der Waals surface area contributed by atoms with Crippen LogP contribution in [0.3, 0.4) is 0 Å². The number of nitrogens with one attached hydrogen (secondary N) is 1. The smallest absolute Gasteiger partial charge is 0.167 e. The van der Waals surface area contributed by atoms with Crippen molar-refractivity contribution in [2.45, 2.75) is 0 Å². The molecule has 2 heterocycles. The third-order valence-corrected chi connectivity index (χ3v) is 2.05. The van der Waals surface area contributed by atoms with E-state index in [0.29, 0.717) is 0 Å². The maximum absolute atomic E-state index is 5.04. The van der Waals surface area contributed by atoms with Gasteiger partial charge in [-0.15, -0.1) is 10.2 Å². The number of fused-ring (bicyclic) bond motifs is 1.